The number of benzene rings is 1. The molecule has 4 N–H and O–H groups in total. The highest BCUT2D eigenvalue weighted by atomic mass is 35.5. The van der Waals surface area contributed by atoms with Crippen molar-refractivity contribution in [3.8, 4) is 0 Å². The fraction of sp³-hybridized carbons (Fsp3) is 0.581. The molecule has 0 radical (unpaired) electrons. The number of rotatable bonds is 7. The summed E-state index contributed by atoms with van der Waals surface area (Å²) in [7, 11) is 1.52. The van der Waals surface area contributed by atoms with Crippen molar-refractivity contribution >= 4 is 46.9 Å². The molecule has 2 amide bonds. The van der Waals surface area contributed by atoms with Gasteiger partial charge in [-0.15, -0.1) is 0 Å². The number of nitrogens with zero attached hydrogens (tertiary/aromatic N) is 1. The van der Waals surface area contributed by atoms with E-state index in [1.54, 1.807) is 18.2 Å². The van der Waals surface area contributed by atoms with Gasteiger partial charge in [-0.2, -0.15) is 0 Å². The molecule has 3 fully saturated rings. The fourth-order valence-electron chi connectivity index (χ4n) is 7.56. The number of methoxy groups -OCH3 is 1. The van der Waals surface area contributed by atoms with Crippen LogP contribution >= 0.6 is 23.2 Å². The van der Waals surface area contributed by atoms with Gasteiger partial charge in [0.15, 0.2) is 0 Å². The summed E-state index contributed by atoms with van der Waals surface area (Å²) in [5.41, 5.74) is -1.28. The van der Waals surface area contributed by atoms with Crippen LogP contribution in [0, 0.1) is 11.3 Å². The third-order valence-electron chi connectivity index (χ3n) is 9.76. The van der Waals surface area contributed by atoms with E-state index in [4.69, 9.17) is 32.7 Å². The first kappa shape index (κ1) is 32.1. The normalized spacial score (nSPS) is 33.1. The monoisotopic (exact) mass is 636 g/mol. The maximum absolute atomic E-state index is 16.7. The average molecular weight is 638 g/mol. The summed E-state index contributed by atoms with van der Waals surface area (Å²) in [4.78, 5) is 32.4. The van der Waals surface area contributed by atoms with E-state index < -0.39 is 52.9 Å². The van der Waals surface area contributed by atoms with Crippen LogP contribution in [0.3, 0.4) is 0 Å². The second-order valence-electron chi connectivity index (χ2n) is 12.8. The number of fused-ring (bicyclic) bond motifs is 3. The number of hydrogen-bond donors (Lipinski definition) is 4. The molecule has 2 spiro atoms. The van der Waals surface area contributed by atoms with Crippen molar-refractivity contribution in [2.45, 2.75) is 81.2 Å². The highest BCUT2D eigenvalue weighted by Gasteiger charge is 2.73. The minimum absolute atomic E-state index is 0.0153. The Bertz CT molecular complexity index is 1340. The molecule has 1 aromatic rings. The number of aliphatic hydroxyl groups excluding tert-OH is 1. The number of aliphatic imine (C=N–C) groups is 1. The zero-order valence-corrected chi connectivity index (χ0v) is 26.1. The minimum Gasteiger partial charge on any atom is -0.394 e. The van der Waals surface area contributed by atoms with Gasteiger partial charge < -0.3 is 25.2 Å². The second-order valence-corrected chi connectivity index (χ2v) is 13.6. The number of carbonyl (C=O) groups is 2. The van der Waals surface area contributed by atoms with E-state index in [0.717, 1.165) is 18.9 Å². The lowest BCUT2D eigenvalue weighted by molar-refractivity contribution is -0.135. The van der Waals surface area contributed by atoms with Crippen molar-refractivity contribution in [2.75, 3.05) is 25.6 Å². The van der Waals surface area contributed by atoms with Gasteiger partial charge in [0.1, 0.15) is 22.5 Å². The molecule has 4 aliphatic rings. The van der Waals surface area contributed by atoms with Gasteiger partial charge in [-0.1, -0.05) is 49.7 Å². The van der Waals surface area contributed by atoms with Crippen LogP contribution in [0.1, 0.15) is 51.5 Å². The molecule has 234 valence electrons. The summed E-state index contributed by atoms with van der Waals surface area (Å²) in [5, 5.41) is 19.6. The van der Waals surface area contributed by atoms with Gasteiger partial charge in [-0.25, -0.2) is 9.38 Å². The van der Waals surface area contributed by atoms with Crippen LogP contribution in [-0.2, 0) is 24.5 Å². The quantitative estimate of drug-likeness (QED) is 0.260. The van der Waals surface area contributed by atoms with Gasteiger partial charge in [0, 0.05) is 29.6 Å². The number of hydrogen-bond acceptors (Lipinski definition) is 7. The predicted molar refractivity (Wildman–Crippen MR) is 164 cm³/mol. The van der Waals surface area contributed by atoms with Gasteiger partial charge in [-0.3, -0.25) is 14.9 Å². The Morgan fingerprint density at radius 2 is 2.05 bits per heavy atom. The van der Waals surface area contributed by atoms with Crippen molar-refractivity contribution in [3.63, 3.8) is 0 Å². The van der Waals surface area contributed by atoms with E-state index in [1.165, 1.54) is 13.3 Å². The third kappa shape index (κ3) is 5.66. The van der Waals surface area contributed by atoms with Crippen LogP contribution in [0.25, 0.3) is 0 Å². The van der Waals surface area contributed by atoms with Crippen LogP contribution in [0.15, 0.2) is 46.8 Å². The Morgan fingerprint density at radius 1 is 1.33 bits per heavy atom. The second kappa shape index (κ2) is 12.2. The molecular weight excluding hydrogens is 598 g/mol. The number of carbonyl (C=O) groups excluding carboxylic acids is 2. The molecule has 6 atom stereocenters. The first-order valence-electron chi connectivity index (χ1n) is 14.6. The lowest BCUT2D eigenvalue weighted by Gasteiger charge is -2.50. The molecule has 9 nitrogen and oxygen atoms in total. The minimum atomic E-state index is -1.46. The number of amides is 2. The lowest BCUT2D eigenvalue weighted by atomic mass is 9.54. The van der Waals surface area contributed by atoms with Gasteiger partial charge in [0.2, 0.25) is 11.8 Å². The molecule has 0 unspecified atom stereocenters. The molecule has 12 heteroatoms. The van der Waals surface area contributed by atoms with Crippen LogP contribution in [0.5, 0.6) is 0 Å². The summed E-state index contributed by atoms with van der Waals surface area (Å²) >= 11 is 12.1. The maximum Gasteiger partial charge on any atom is 0.238 e. The van der Waals surface area contributed by atoms with Gasteiger partial charge in [0.05, 0.1) is 37.3 Å². The number of aliphatic hydroxyl groups is 1. The number of halogens is 3. The van der Waals surface area contributed by atoms with Gasteiger partial charge in [0.25, 0.3) is 0 Å². The Labute approximate surface area is 261 Å². The number of ether oxygens (including phenoxy) is 2. The van der Waals surface area contributed by atoms with Gasteiger partial charge in [-0.05, 0) is 61.3 Å². The Kier molecular flexibility index (Phi) is 9.11. The molecule has 43 heavy (non-hydrogen) atoms. The molecule has 3 heterocycles. The standard InChI is InChI=1S/C31H39Cl2FN4O5/c1-17(32)35-12-7-21(34)25-26(27(40)36-19-14-23(42-4)24(15-39)43-16-19)38-30(10-8-29(2,3)9-11-30)31(25)20-6-5-18(33)13-22(20)37-28(31)41/h5-7,12-13,19,23-26,38-39H,1,8-11,14-16H2,2-4H3,(H,36,40)(H,37,41)/b21-7-,35-12-/t19-,23-,24-,25+,26-,31-/m1/s1. The zero-order chi connectivity index (χ0) is 31.2. The molecule has 1 aromatic carbocycles. The van der Waals surface area contributed by atoms with Crippen molar-refractivity contribution in [1.29, 1.82) is 0 Å². The van der Waals surface area contributed by atoms with E-state index in [-0.39, 0.29) is 29.7 Å². The van der Waals surface area contributed by atoms with Crippen molar-refractivity contribution < 1.29 is 28.6 Å². The molecule has 2 saturated heterocycles. The molecule has 0 aromatic heterocycles. The zero-order valence-electron chi connectivity index (χ0n) is 24.6. The fourth-order valence-corrected chi connectivity index (χ4v) is 7.79. The largest absolute Gasteiger partial charge is 0.394 e. The Morgan fingerprint density at radius 3 is 2.70 bits per heavy atom. The molecule has 5 rings (SSSR count). The van der Waals surface area contributed by atoms with E-state index in [9.17, 15) is 14.7 Å². The Hall–Kier alpha value is -2.34. The molecule has 1 aliphatic carbocycles. The summed E-state index contributed by atoms with van der Waals surface area (Å²) in [5.74, 6) is -2.76. The van der Waals surface area contributed by atoms with E-state index in [1.807, 2.05) is 0 Å². The van der Waals surface area contributed by atoms with Crippen LogP contribution in [0.4, 0.5) is 10.1 Å². The molecular formula is C31H39Cl2FN4O5. The number of anilines is 1. The maximum atomic E-state index is 16.7. The SMILES string of the molecule is C=C(Cl)/N=C\C=C(/F)[C@H]1[C@H](C(=O)N[C@H]2CO[C@H](CO)[C@H](OC)C2)NC2(CCC(C)(C)CC2)[C@@]12C(=O)Nc1cc(Cl)ccc12. The summed E-state index contributed by atoms with van der Waals surface area (Å²) < 4.78 is 27.9. The first-order valence-corrected chi connectivity index (χ1v) is 15.3. The van der Waals surface area contributed by atoms with E-state index in [0.29, 0.717) is 35.5 Å². The van der Waals surface area contributed by atoms with Crippen LogP contribution < -0.4 is 16.0 Å². The third-order valence-corrected chi connectivity index (χ3v) is 10.1. The molecule has 1 saturated carbocycles. The highest BCUT2D eigenvalue weighted by molar-refractivity contribution is 6.31. The first-order chi connectivity index (χ1) is 20.4. The lowest BCUT2D eigenvalue weighted by Crippen LogP contribution is -2.62. The van der Waals surface area contributed by atoms with Crippen molar-refractivity contribution in [2.24, 2.45) is 16.3 Å². The van der Waals surface area contributed by atoms with Crippen molar-refractivity contribution in [3.05, 3.63) is 52.4 Å². The number of nitrogens with one attached hydrogen (secondary N) is 3. The summed E-state index contributed by atoms with van der Waals surface area (Å²) in [6, 6.07) is 3.56. The Balaban J connectivity index is 1.61. The van der Waals surface area contributed by atoms with Crippen LogP contribution in [0.2, 0.25) is 5.02 Å². The molecule has 3 aliphatic heterocycles. The van der Waals surface area contributed by atoms with E-state index >= 15 is 4.39 Å². The summed E-state index contributed by atoms with van der Waals surface area (Å²) in [6.07, 6.45) is 4.44. The van der Waals surface area contributed by atoms with Gasteiger partial charge >= 0.3 is 0 Å². The predicted octanol–water partition coefficient (Wildman–Crippen LogP) is 4.37. The van der Waals surface area contributed by atoms with Crippen LogP contribution in [-0.4, -0.2) is 73.3 Å². The topological polar surface area (TPSA) is 121 Å². The molecule has 0 bridgehead atoms. The number of allylic oxidation sites excluding steroid dienone is 1. The highest BCUT2D eigenvalue weighted by Crippen LogP contribution is 2.62. The summed E-state index contributed by atoms with van der Waals surface area (Å²) in [6.45, 7) is 7.81. The average Bonchev–Trinajstić information content (AvgIpc) is 3.42. The smallest absolute Gasteiger partial charge is 0.238 e. The van der Waals surface area contributed by atoms with E-state index in [2.05, 4.69) is 41.4 Å². The van der Waals surface area contributed by atoms with Crippen molar-refractivity contribution in [1.82, 2.24) is 10.6 Å².